The van der Waals surface area contributed by atoms with Crippen LogP contribution >= 0.6 is 23.4 Å². The second kappa shape index (κ2) is 10.6. The summed E-state index contributed by atoms with van der Waals surface area (Å²) in [6.45, 7) is 6.60. The summed E-state index contributed by atoms with van der Waals surface area (Å²) in [5.74, 6) is 0.597. The summed E-state index contributed by atoms with van der Waals surface area (Å²) in [5, 5.41) is 12.5. The highest BCUT2D eigenvalue weighted by Gasteiger charge is 2.22. The highest BCUT2D eigenvalue weighted by molar-refractivity contribution is 7.99. The standard InChI is InChI=1S/C22H24ClFN4O2S/c1-14(2)12-28-21(15(3)30-19-10-5-4-9-18(19)24)26-27-22(28)31-13-20(29)25-17-8-6-7-16(23)11-17/h4-11,14-15H,12-13H2,1-3H3,(H,25,29). The van der Waals surface area contributed by atoms with Crippen LogP contribution in [0.15, 0.2) is 53.7 Å². The Hall–Kier alpha value is -2.58. The van der Waals surface area contributed by atoms with Crippen LogP contribution in [0.1, 0.15) is 32.7 Å². The third kappa shape index (κ3) is 6.45. The van der Waals surface area contributed by atoms with Crippen LogP contribution in [0.25, 0.3) is 0 Å². The first-order chi connectivity index (χ1) is 14.8. The van der Waals surface area contributed by atoms with Gasteiger partial charge >= 0.3 is 0 Å². The molecule has 0 fully saturated rings. The van der Waals surface area contributed by atoms with Crippen molar-refractivity contribution < 1.29 is 13.9 Å². The highest BCUT2D eigenvalue weighted by atomic mass is 35.5. The third-order valence-corrected chi connectivity index (χ3v) is 5.44. The van der Waals surface area contributed by atoms with E-state index < -0.39 is 11.9 Å². The molecule has 1 N–H and O–H groups in total. The van der Waals surface area contributed by atoms with E-state index in [1.54, 1.807) is 49.4 Å². The molecule has 1 unspecified atom stereocenters. The van der Waals surface area contributed by atoms with Crippen LogP contribution in [0.4, 0.5) is 10.1 Å². The first-order valence-corrected chi connectivity index (χ1v) is 11.2. The molecule has 1 atom stereocenters. The van der Waals surface area contributed by atoms with E-state index in [1.807, 2.05) is 4.57 Å². The van der Waals surface area contributed by atoms with Crippen molar-refractivity contribution in [3.63, 3.8) is 0 Å². The molecule has 0 spiro atoms. The van der Waals surface area contributed by atoms with Crippen LogP contribution in [0.5, 0.6) is 5.75 Å². The molecule has 1 aromatic heterocycles. The lowest BCUT2D eigenvalue weighted by atomic mass is 10.2. The van der Waals surface area contributed by atoms with Gasteiger partial charge in [0.25, 0.3) is 0 Å². The number of benzene rings is 2. The summed E-state index contributed by atoms with van der Waals surface area (Å²) in [5.41, 5.74) is 0.634. The number of ether oxygens (including phenoxy) is 1. The first kappa shape index (κ1) is 23.1. The lowest BCUT2D eigenvalue weighted by Gasteiger charge is -2.18. The molecule has 6 nitrogen and oxygen atoms in total. The molecule has 2 aromatic carbocycles. The van der Waals surface area contributed by atoms with Crippen molar-refractivity contribution in [2.45, 2.75) is 38.6 Å². The Morgan fingerprint density at radius 1 is 1.19 bits per heavy atom. The van der Waals surface area contributed by atoms with E-state index in [0.29, 0.717) is 34.2 Å². The van der Waals surface area contributed by atoms with E-state index in [1.165, 1.54) is 17.8 Å². The molecule has 3 rings (SSSR count). The van der Waals surface area contributed by atoms with Gasteiger partial charge in [-0.3, -0.25) is 4.79 Å². The van der Waals surface area contributed by atoms with Gasteiger partial charge in [-0.25, -0.2) is 4.39 Å². The van der Waals surface area contributed by atoms with Gasteiger partial charge in [0.2, 0.25) is 5.91 Å². The van der Waals surface area contributed by atoms with E-state index >= 15 is 0 Å². The van der Waals surface area contributed by atoms with E-state index in [2.05, 4.69) is 29.4 Å². The maximum Gasteiger partial charge on any atom is 0.234 e. The number of carbonyl (C=O) groups excluding carboxylic acids is 1. The summed E-state index contributed by atoms with van der Waals surface area (Å²) < 4.78 is 21.7. The maximum atomic E-state index is 14.0. The van der Waals surface area contributed by atoms with Crippen molar-refractivity contribution in [2.24, 2.45) is 5.92 Å². The number of aromatic nitrogens is 3. The normalized spacial score (nSPS) is 12.1. The van der Waals surface area contributed by atoms with Gasteiger partial charge in [-0.05, 0) is 43.2 Å². The van der Waals surface area contributed by atoms with Crippen molar-refractivity contribution in [2.75, 3.05) is 11.1 Å². The summed E-state index contributed by atoms with van der Waals surface area (Å²) in [6.07, 6.45) is -0.516. The average Bonchev–Trinajstić information content (AvgIpc) is 3.10. The lowest BCUT2D eigenvalue weighted by molar-refractivity contribution is -0.113. The average molecular weight is 463 g/mol. The summed E-state index contributed by atoms with van der Waals surface area (Å²) in [6, 6.07) is 13.2. The minimum Gasteiger partial charge on any atom is -0.480 e. The Kier molecular flexibility index (Phi) is 7.92. The zero-order valence-corrected chi connectivity index (χ0v) is 19.1. The number of hydrogen-bond donors (Lipinski definition) is 1. The van der Waals surface area contributed by atoms with Gasteiger partial charge in [0.15, 0.2) is 28.7 Å². The van der Waals surface area contributed by atoms with Crippen LogP contribution < -0.4 is 10.1 Å². The number of hydrogen-bond acceptors (Lipinski definition) is 5. The Morgan fingerprint density at radius 3 is 2.68 bits per heavy atom. The van der Waals surface area contributed by atoms with Gasteiger partial charge in [-0.1, -0.05) is 55.4 Å². The number of thioether (sulfide) groups is 1. The molecule has 0 radical (unpaired) electrons. The van der Waals surface area contributed by atoms with Crippen molar-refractivity contribution in [1.82, 2.24) is 14.8 Å². The molecule has 0 saturated carbocycles. The van der Waals surface area contributed by atoms with Gasteiger partial charge in [0, 0.05) is 17.3 Å². The van der Waals surface area contributed by atoms with E-state index in [0.717, 1.165) is 0 Å². The van der Waals surface area contributed by atoms with Crippen molar-refractivity contribution in [1.29, 1.82) is 0 Å². The molecule has 1 amide bonds. The minimum atomic E-state index is -0.516. The lowest BCUT2D eigenvalue weighted by Crippen LogP contribution is -2.17. The zero-order chi connectivity index (χ0) is 22.4. The number of rotatable bonds is 9. The minimum absolute atomic E-state index is 0.157. The molecule has 3 aromatic rings. The number of para-hydroxylation sites is 1. The van der Waals surface area contributed by atoms with Gasteiger partial charge in [-0.2, -0.15) is 0 Å². The Morgan fingerprint density at radius 2 is 1.97 bits per heavy atom. The number of amides is 1. The quantitative estimate of drug-likeness (QED) is 0.419. The summed E-state index contributed by atoms with van der Waals surface area (Å²) in [4.78, 5) is 12.4. The zero-order valence-electron chi connectivity index (χ0n) is 17.5. The molecule has 0 bridgehead atoms. The Labute approximate surface area is 190 Å². The fourth-order valence-electron chi connectivity index (χ4n) is 2.92. The first-order valence-electron chi connectivity index (χ1n) is 9.86. The topological polar surface area (TPSA) is 69.0 Å². The molecule has 9 heteroatoms. The SMILES string of the molecule is CC(C)Cn1c(SCC(=O)Nc2cccc(Cl)c2)nnc1C(C)Oc1ccccc1F. The second-order valence-electron chi connectivity index (χ2n) is 7.38. The molecule has 164 valence electrons. The van der Waals surface area contributed by atoms with E-state index in [4.69, 9.17) is 16.3 Å². The molecule has 31 heavy (non-hydrogen) atoms. The number of nitrogens with one attached hydrogen (secondary N) is 1. The number of carbonyl (C=O) groups is 1. The van der Waals surface area contributed by atoms with Gasteiger partial charge in [-0.15, -0.1) is 10.2 Å². The maximum absolute atomic E-state index is 14.0. The van der Waals surface area contributed by atoms with Gasteiger partial charge < -0.3 is 14.6 Å². The number of anilines is 1. The van der Waals surface area contributed by atoms with Crippen molar-refractivity contribution in [3.8, 4) is 5.75 Å². The number of nitrogens with zero attached hydrogens (tertiary/aromatic N) is 3. The monoisotopic (exact) mass is 462 g/mol. The Bertz CT molecular complexity index is 1040. The third-order valence-electron chi connectivity index (χ3n) is 4.24. The van der Waals surface area contributed by atoms with Crippen molar-refractivity contribution >= 4 is 35.0 Å². The Balaban J connectivity index is 1.71. The fraction of sp³-hybridized carbons (Fsp3) is 0.318. The second-order valence-corrected chi connectivity index (χ2v) is 8.76. The molecular weight excluding hydrogens is 439 g/mol. The largest absolute Gasteiger partial charge is 0.480 e. The predicted molar refractivity (Wildman–Crippen MR) is 121 cm³/mol. The number of halogens is 2. The van der Waals surface area contributed by atoms with Crippen LogP contribution in [-0.2, 0) is 11.3 Å². The summed E-state index contributed by atoms with van der Waals surface area (Å²) in [7, 11) is 0. The smallest absolute Gasteiger partial charge is 0.234 e. The van der Waals surface area contributed by atoms with Crippen LogP contribution in [0.2, 0.25) is 5.02 Å². The van der Waals surface area contributed by atoms with Crippen LogP contribution in [-0.4, -0.2) is 26.4 Å². The molecule has 0 saturated heterocycles. The van der Waals surface area contributed by atoms with E-state index in [-0.39, 0.29) is 17.4 Å². The highest BCUT2D eigenvalue weighted by Crippen LogP contribution is 2.27. The molecule has 0 aliphatic rings. The predicted octanol–water partition coefficient (Wildman–Crippen LogP) is 5.60. The van der Waals surface area contributed by atoms with Crippen molar-refractivity contribution in [3.05, 3.63) is 65.2 Å². The van der Waals surface area contributed by atoms with Gasteiger partial charge in [0.05, 0.1) is 5.75 Å². The van der Waals surface area contributed by atoms with E-state index in [9.17, 15) is 9.18 Å². The fourth-order valence-corrected chi connectivity index (χ4v) is 3.87. The molecule has 0 aliphatic heterocycles. The summed E-state index contributed by atoms with van der Waals surface area (Å²) >= 11 is 7.24. The molecule has 0 aliphatic carbocycles. The van der Waals surface area contributed by atoms with Crippen LogP contribution in [0, 0.1) is 11.7 Å². The molecular formula is C22H24ClFN4O2S. The van der Waals surface area contributed by atoms with Gasteiger partial charge in [0.1, 0.15) is 0 Å². The van der Waals surface area contributed by atoms with Crippen LogP contribution in [0.3, 0.4) is 0 Å². The molecule has 1 heterocycles.